The highest BCUT2D eigenvalue weighted by Gasteiger charge is 2.14. The van der Waals surface area contributed by atoms with E-state index >= 15 is 0 Å². The Labute approximate surface area is 118 Å². The van der Waals surface area contributed by atoms with Gasteiger partial charge in [0.15, 0.2) is 0 Å². The van der Waals surface area contributed by atoms with Gasteiger partial charge in [-0.15, -0.1) is 0 Å². The van der Waals surface area contributed by atoms with Crippen LogP contribution in [0.25, 0.3) is 10.9 Å². The second-order valence-electron chi connectivity index (χ2n) is 4.71. The lowest BCUT2D eigenvalue weighted by molar-refractivity contribution is 0.614. The van der Waals surface area contributed by atoms with Crippen molar-refractivity contribution in [2.45, 2.75) is 13.0 Å². The van der Waals surface area contributed by atoms with Crippen LogP contribution in [0.5, 0.6) is 0 Å². The van der Waals surface area contributed by atoms with Crippen LogP contribution in [-0.2, 0) is 0 Å². The number of benzene rings is 1. The smallest absolute Gasteiger partial charge is 0.0766 e. The fraction of sp³-hybridized carbons (Fsp3) is 0.176. The Balaban J connectivity index is 2.05. The molecule has 3 nitrogen and oxygen atoms in total. The van der Waals surface area contributed by atoms with Gasteiger partial charge in [0.2, 0.25) is 0 Å². The number of pyridine rings is 2. The number of nitrogens with one attached hydrogen (secondary N) is 1. The van der Waals surface area contributed by atoms with E-state index in [0.717, 1.165) is 28.7 Å². The summed E-state index contributed by atoms with van der Waals surface area (Å²) in [5, 5.41) is 4.63. The molecule has 0 aliphatic rings. The van der Waals surface area contributed by atoms with Crippen LogP contribution >= 0.6 is 0 Å². The molecule has 0 aliphatic heterocycles. The van der Waals surface area contributed by atoms with Crippen molar-refractivity contribution in [1.82, 2.24) is 15.3 Å². The molecule has 1 aromatic carbocycles. The van der Waals surface area contributed by atoms with Crippen LogP contribution in [0.15, 0.2) is 60.9 Å². The molecule has 0 bridgehead atoms. The molecule has 1 N–H and O–H groups in total. The molecule has 0 saturated heterocycles. The second kappa shape index (κ2) is 5.80. The summed E-state index contributed by atoms with van der Waals surface area (Å²) in [7, 11) is 0. The Morgan fingerprint density at radius 3 is 2.70 bits per heavy atom. The molecule has 100 valence electrons. The number of nitrogens with zero attached hydrogens (tertiary/aromatic N) is 2. The van der Waals surface area contributed by atoms with Crippen molar-refractivity contribution in [2.75, 3.05) is 6.54 Å². The third kappa shape index (κ3) is 2.53. The SMILES string of the molecule is CCNC(c1cnc2ccccc2c1)c1ccccn1. The van der Waals surface area contributed by atoms with Gasteiger partial charge >= 0.3 is 0 Å². The van der Waals surface area contributed by atoms with Gasteiger partial charge in [-0.25, -0.2) is 0 Å². The fourth-order valence-electron chi connectivity index (χ4n) is 2.39. The third-order valence-corrected chi connectivity index (χ3v) is 3.34. The first-order chi connectivity index (χ1) is 9.88. The summed E-state index contributed by atoms with van der Waals surface area (Å²) in [5.74, 6) is 0. The average molecular weight is 263 g/mol. The Morgan fingerprint density at radius 1 is 1.05 bits per heavy atom. The van der Waals surface area contributed by atoms with Crippen LogP contribution in [0.1, 0.15) is 24.2 Å². The van der Waals surface area contributed by atoms with E-state index in [-0.39, 0.29) is 6.04 Å². The zero-order valence-electron chi connectivity index (χ0n) is 11.5. The first kappa shape index (κ1) is 12.8. The highest BCUT2D eigenvalue weighted by Crippen LogP contribution is 2.22. The summed E-state index contributed by atoms with van der Waals surface area (Å²) in [6, 6.07) is 16.4. The summed E-state index contributed by atoms with van der Waals surface area (Å²) in [5.41, 5.74) is 3.18. The topological polar surface area (TPSA) is 37.8 Å². The van der Waals surface area contributed by atoms with Crippen LogP contribution in [0, 0.1) is 0 Å². The molecule has 1 unspecified atom stereocenters. The van der Waals surface area contributed by atoms with E-state index in [0.29, 0.717) is 0 Å². The maximum Gasteiger partial charge on any atom is 0.0766 e. The minimum atomic E-state index is 0.0818. The van der Waals surface area contributed by atoms with Crippen molar-refractivity contribution in [1.29, 1.82) is 0 Å². The van der Waals surface area contributed by atoms with Crippen molar-refractivity contribution in [2.24, 2.45) is 0 Å². The van der Waals surface area contributed by atoms with Crippen LogP contribution in [0.4, 0.5) is 0 Å². The number of hydrogen-bond acceptors (Lipinski definition) is 3. The summed E-state index contributed by atoms with van der Waals surface area (Å²) in [6.45, 7) is 2.98. The molecule has 3 aromatic rings. The predicted molar refractivity (Wildman–Crippen MR) is 81.5 cm³/mol. The maximum absolute atomic E-state index is 4.54. The first-order valence-corrected chi connectivity index (χ1v) is 6.87. The number of hydrogen-bond donors (Lipinski definition) is 1. The van der Waals surface area contributed by atoms with Gasteiger partial charge in [0, 0.05) is 17.8 Å². The fourth-order valence-corrected chi connectivity index (χ4v) is 2.39. The molecule has 3 heteroatoms. The molecule has 1 atom stereocenters. The normalized spacial score (nSPS) is 12.4. The maximum atomic E-state index is 4.54. The minimum absolute atomic E-state index is 0.0818. The van der Waals surface area contributed by atoms with E-state index in [2.05, 4.69) is 34.3 Å². The lowest BCUT2D eigenvalue weighted by Crippen LogP contribution is -2.23. The van der Waals surface area contributed by atoms with E-state index in [1.165, 1.54) is 0 Å². The second-order valence-corrected chi connectivity index (χ2v) is 4.71. The molecule has 0 amide bonds. The van der Waals surface area contributed by atoms with Gasteiger partial charge in [0.05, 0.1) is 17.3 Å². The van der Waals surface area contributed by atoms with Gasteiger partial charge in [0.25, 0.3) is 0 Å². The average Bonchev–Trinajstić information content (AvgIpc) is 2.53. The largest absolute Gasteiger partial charge is 0.305 e. The molecule has 3 rings (SSSR count). The Morgan fingerprint density at radius 2 is 1.90 bits per heavy atom. The van der Waals surface area contributed by atoms with Gasteiger partial charge in [-0.3, -0.25) is 9.97 Å². The molecular formula is C17H17N3. The summed E-state index contributed by atoms with van der Waals surface area (Å²) in [6.07, 6.45) is 3.76. The van der Waals surface area contributed by atoms with Gasteiger partial charge in [-0.2, -0.15) is 0 Å². The Hall–Kier alpha value is -2.26. The summed E-state index contributed by atoms with van der Waals surface area (Å²) >= 11 is 0. The number of rotatable bonds is 4. The lowest BCUT2D eigenvalue weighted by Gasteiger charge is -2.17. The van der Waals surface area contributed by atoms with Gasteiger partial charge < -0.3 is 5.32 Å². The van der Waals surface area contributed by atoms with Crippen molar-refractivity contribution >= 4 is 10.9 Å². The highest BCUT2D eigenvalue weighted by atomic mass is 14.9. The zero-order chi connectivity index (χ0) is 13.8. The first-order valence-electron chi connectivity index (χ1n) is 6.87. The molecule has 2 heterocycles. The number of aromatic nitrogens is 2. The standard InChI is InChI=1S/C17H17N3/c1-2-18-17(16-9-5-6-10-19-16)14-11-13-7-3-4-8-15(13)20-12-14/h3-12,17-18H,2H2,1H3. The van der Waals surface area contributed by atoms with Crippen LogP contribution in [-0.4, -0.2) is 16.5 Å². The molecule has 0 spiro atoms. The molecule has 0 radical (unpaired) electrons. The van der Waals surface area contributed by atoms with E-state index in [4.69, 9.17) is 0 Å². The number of para-hydroxylation sites is 1. The van der Waals surface area contributed by atoms with Gasteiger partial charge in [0.1, 0.15) is 0 Å². The van der Waals surface area contributed by atoms with Crippen molar-refractivity contribution in [3.63, 3.8) is 0 Å². The highest BCUT2D eigenvalue weighted by molar-refractivity contribution is 5.78. The molecule has 20 heavy (non-hydrogen) atoms. The van der Waals surface area contributed by atoms with Crippen LogP contribution in [0.2, 0.25) is 0 Å². The molecular weight excluding hydrogens is 246 g/mol. The molecule has 0 aliphatic carbocycles. The van der Waals surface area contributed by atoms with Crippen LogP contribution in [0.3, 0.4) is 0 Å². The molecule has 0 saturated carbocycles. The minimum Gasteiger partial charge on any atom is -0.305 e. The van der Waals surface area contributed by atoms with Crippen molar-refractivity contribution in [3.05, 3.63) is 72.2 Å². The summed E-state index contributed by atoms with van der Waals surface area (Å²) < 4.78 is 0. The van der Waals surface area contributed by atoms with Gasteiger partial charge in [-0.1, -0.05) is 31.2 Å². The quantitative estimate of drug-likeness (QED) is 0.784. The lowest BCUT2D eigenvalue weighted by atomic mass is 10.0. The third-order valence-electron chi connectivity index (χ3n) is 3.34. The van der Waals surface area contributed by atoms with E-state index in [1.54, 1.807) is 0 Å². The predicted octanol–water partition coefficient (Wildman–Crippen LogP) is 3.33. The molecule has 2 aromatic heterocycles. The molecule has 0 fully saturated rings. The van der Waals surface area contributed by atoms with E-state index < -0.39 is 0 Å². The number of fused-ring (bicyclic) bond motifs is 1. The van der Waals surface area contributed by atoms with Crippen LogP contribution < -0.4 is 5.32 Å². The Bertz CT molecular complexity index is 695. The van der Waals surface area contributed by atoms with E-state index in [1.807, 2.05) is 48.8 Å². The Kier molecular flexibility index (Phi) is 3.70. The van der Waals surface area contributed by atoms with Crippen molar-refractivity contribution < 1.29 is 0 Å². The zero-order valence-corrected chi connectivity index (χ0v) is 11.5. The van der Waals surface area contributed by atoms with E-state index in [9.17, 15) is 0 Å². The van der Waals surface area contributed by atoms with Gasteiger partial charge in [-0.05, 0) is 36.4 Å². The summed E-state index contributed by atoms with van der Waals surface area (Å²) in [4.78, 5) is 9.01. The monoisotopic (exact) mass is 263 g/mol. The van der Waals surface area contributed by atoms with Crippen molar-refractivity contribution in [3.8, 4) is 0 Å².